The fraction of sp³-hybridized carbons (Fsp3) is 0.429. The standard InChI is InChI=1S/C14H17ClN2S/c1-17(10-6-7-16-8-10)9-13-14(15)11-4-2-3-5-12(11)18-13/h2-5,10,16H,6-9H2,1H3. The van der Waals surface area contributed by atoms with Crippen molar-refractivity contribution in [1.29, 1.82) is 0 Å². The van der Waals surface area contributed by atoms with Crippen LogP contribution in [-0.4, -0.2) is 31.1 Å². The first kappa shape index (κ1) is 12.4. The lowest BCUT2D eigenvalue weighted by Gasteiger charge is -2.22. The summed E-state index contributed by atoms with van der Waals surface area (Å²) in [7, 11) is 2.19. The highest BCUT2D eigenvalue weighted by molar-refractivity contribution is 7.19. The monoisotopic (exact) mass is 280 g/mol. The molecule has 1 aromatic heterocycles. The van der Waals surface area contributed by atoms with Crippen molar-refractivity contribution in [2.24, 2.45) is 0 Å². The van der Waals surface area contributed by atoms with Gasteiger partial charge in [-0.3, -0.25) is 4.90 Å². The van der Waals surface area contributed by atoms with E-state index in [1.54, 1.807) is 0 Å². The van der Waals surface area contributed by atoms with Gasteiger partial charge in [0.25, 0.3) is 0 Å². The summed E-state index contributed by atoms with van der Waals surface area (Å²) in [6, 6.07) is 9.02. The molecule has 0 amide bonds. The molecule has 2 heterocycles. The molecule has 2 nitrogen and oxygen atoms in total. The number of benzene rings is 1. The summed E-state index contributed by atoms with van der Waals surface area (Å²) in [4.78, 5) is 3.70. The zero-order chi connectivity index (χ0) is 12.5. The van der Waals surface area contributed by atoms with Crippen LogP contribution in [0, 0.1) is 0 Å². The van der Waals surface area contributed by atoms with Crippen molar-refractivity contribution in [3.05, 3.63) is 34.2 Å². The molecule has 1 unspecified atom stereocenters. The Kier molecular flexibility index (Phi) is 3.57. The normalized spacial score (nSPS) is 20.1. The van der Waals surface area contributed by atoms with Crippen molar-refractivity contribution in [2.45, 2.75) is 19.0 Å². The third-order valence-electron chi connectivity index (χ3n) is 3.65. The maximum Gasteiger partial charge on any atom is 0.0637 e. The minimum absolute atomic E-state index is 0.645. The van der Waals surface area contributed by atoms with Crippen LogP contribution in [0.3, 0.4) is 0 Å². The first-order valence-corrected chi connectivity index (χ1v) is 7.52. The third-order valence-corrected chi connectivity index (χ3v) is 5.35. The molecule has 1 N–H and O–H groups in total. The van der Waals surface area contributed by atoms with Gasteiger partial charge in [0.05, 0.1) is 5.02 Å². The summed E-state index contributed by atoms with van der Waals surface area (Å²) in [5, 5.41) is 5.54. The lowest BCUT2D eigenvalue weighted by atomic mass is 10.2. The van der Waals surface area contributed by atoms with Gasteiger partial charge < -0.3 is 5.32 Å². The third kappa shape index (κ3) is 2.28. The number of nitrogens with one attached hydrogen (secondary N) is 1. The molecule has 1 atom stereocenters. The number of thiophene rings is 1. The highest BCUT2D eigenvalue weighted by Crippen LogP contribution is 2.36. The smallest absolute Gasteiger partial charge is 0.0637 e. The Bertz CT molecular complexity index is 546. The van der Waals surface area contributed by atoms with E-state index in [1.165, 1.54) is 21.4 Å². The maximum atomic E-state index is 6.48. The molecule has 0 aliphatic carbocycles. The van der Waals surface area contributed by atoms with E-state index in [1.807, 2.05) is 11.3 Å². The van der Waals surface area contributed by atoms with Crippen molar-refractivity contribution in [3.63, 3.8) is 0 Å². The Hall–Kier alpha value is -0.610. The first-order valence-electron chi connectivity index (χ1n) is 6.32. The van der Waals surface area contributed by atoms with E-state index in [4.69, 9.17) is 11.6 Å². The van der Waals surface area contributed by atoms with Crippen LogP contribution in [0.4, 0.5) is 0 Å². The van der Waals surface area contributed by atoms with Crippen LogP contribution >= 0.6 is 22.9 Å². The topological polar surface area (TPSA) is 15.3 Å². The molecule has 0 bridgehead atoms. The number of hydrogen-bond donors (Lipinski definition) is 1. The number of nitrogens with zero attached hydrogens (tertiary/aromatic N) is 1. The van der Waals surface area contributed by atoms with Crippen molar-refractivity contribution < 1.29 is 0 Å². The molecule has 18 heavy (non-hydrogen) atoms. The Balaban J connectivity index is 1.83. The van der Waals surface area contributed by atoms with Crippen LogP contribution in [0.15, 0.2) is 24.3 Å². The summed E-state index contributed by atoms with van der Waals surface area (Å²) >= 11 is 8.29. The van der Waals surface area contributed by atoms with Gasteiger partial charge in [-0.1, -0.05) is 29.8 Å². The fourth-order valence-electron chi connectivity index (χ4n) is 2.54. The van der Waals surface area contributed by atoms with Crippen LogP contribution < -0.4 is 5.32 Å². The number of fused-ring (bicyclic) bond motifs is 1. The minimum atomic E-state index is 0.645. The molecule has 96 valence electrons. The number of rotatable bonds is 3. The van der Waals surface area contributed by atoms with Gasteiger partial charge in [0.2, 0.25) is 0 Å². The second kappa shape index (κ2) is 5.17. The van der Waals surface area contributed by atoms with Crippen molar-refractivity contribution in [2.75, 3.05) is 20.1 Å². The van der Waals surface area contributed by atoms with E-state index in [2.05, 4.69) is 41.5 Å². The average molecular weight is 281 g/mol. The zero-order valence-corrected chi connectivity index (χ0v) is 12.0. The Morgan fingerprint density at radius 3 is 3.00 bits per heavy atom. The Morgan fingerprint density at radius 1 is 1.44 bits per heavy atom. The van der Waals surface area contributed by atoms with E-state index >= 15 is 0 Å². The molecule has 2 aromatic rings. The fourth-order valence-corrected chi connectivity index (χ4v) is 4.09. The van der Waals surface area contributed by atoms with E-state index in [-0.39, 0.29) is 0 Å². The van der Waals surface area contributed by atoms with Gasteiger partial charge >= 0.3 is 0 Å². The summed E-state index contributed by atoms with van der Waals surface area (Å²) in [6.45, 7) is 3.18. The average Bonchev–Trinajstić information content (AvgIpc) is 3.00. The second-order valence-electron chi connectivity index (χ2n) is 4.90. The quantitative estimate of drug-likeness (QED) is 0.928. The first-order chi connectivity index (χ1) is 8.75. The summed E-state index contributed by atoms with van der Waals surface area (Å²) in [5.74, 6) is 0. The Morgan fingerprint density at radius 2 is 2.28 bits per heavy atom. The molecule has 4 heteroatoms. The van der Waals surface area contributed by atoms with Crippen LogP contribution in [0.2, 0.25) is 5.02 Å². The van der Waals surface area contributed by atoms with Gasteiger partial charge in [-0.05, 0) is 26.1 Å². The van der Waals surface area contributed by atoms with Crippen LogP contribution in [0.1, 0.15) is 11.3 Å². The van der Waals surface area contributed by atoms with E-state index < -0.39 is 0 Å². The molecule has 1 saturated heterocycles. The minimum Gasteiger partial charge on any atom is -0.315 e. The predicted octanol–water partition coefficient (Wildman–Crippen LogP) is 3.35. The van der Waals surface area contributed by atoms with Crippen LogP contribution in [0.5, 0.6) is 0 Å². The van der Waals surface area contributed by atoms with Crippen LogP contribution in [-0.2, 0) is 6.54 Å². The van der Waals surface area contributed by atoms with Gasteiger partial charge in [0.1, 0.15) is 0 Å². The SMILES string of the molecule is CN(Cc1sc2ccccc2c1Cl)C1CCNC1. The molecule has 1 fully saturated rings. The molecule has 0 radical (unpaired) electrons. The summed E-state index contributed by atoms with van der Waals surface area (Å²) in [5.41, 5.74) is 0. The van der Waals surface area contributed by atoms with E-state index in [0.29, 0.717) is 6.04 Å². The second-order valence-corrected chi connectivity index (χ2v) is 6.41. The highest BCUT2D eigenvalue weighted by Gasteiger charge is 2.21. The zero-order valence-electron chi connectivity index (χ0n) is 10.4. The van der Waals surface area contributed by atoms with Gasteiger partial charge in [0.15, 0.2) is 0 Å². The molecule has 0 spiro atoms. The number of likely N-dealkylation sites (N-methyl/N-ethyl adjacent to an activating group) is 1. The molecule has 3 rings (SSSR count). The van der Waals surface area contributed by atoms with E-state index in [0.717, 1.165) is 24.7 Å². The van der Waals surface area contributed by atoms with Crippen molar-refractivity contribution in [3.8, 4) is 0 Å². The number of hydrogen-bond acceptors (Lipinski definition) is 3. The van der Waals surface area contributed by atoms with Gasteiger partial charge in [-0.15, -0.1) is 11.3 Å². The largest absolute Gasteiger partial charge is 0.315 e. The van der Waals surface area contributed by atoms with Crippen molar-refractivity contribution >= 4 is 33.0 Å². The highest BCUT2D eigenvalue weighted by atomic mass is 35.5. The Labute approximate surface area is 117 Å². The van der Waals surface area contributed by atoms with Gasteiger partial charge in [-0.2, -0.15) is 0 Å². The molecular formula is C14H17ClN2S. The van der Waals surface area contributed by atoms with Gasteiger partial charge in [-0.25, -0.2) is 0 Å². The number of halogens is 1. The molecule has 1 aliphatic rings. The molecule has 1 aromatic carbocycles. The lowest BCUT2D eigenvalue weighted by molar-refractivity contribution is 0.251. The summed E-state index contributed by atoms with van der Waals surface area (Å²) < 4.78 is 1.29. The summed E-state index contributed by atoms with van der Waals surface area (Å²) in [6.07, 6.45) is 1.24. The van der Waals surface area contributed by atoms with Crippen molar-refractivity contribution in [1.82, 2.24) is 10.2 Å². The molecule has 1 aliphatic heterocycles. The lowest BCUT2D eigenvalue weighted by Crippen LogP contribution is -2.32. The maximum absolute atomic E-state index is 6.48. The molecule has 0 saturated carbocycles. The van der Waals surface area contributed by atoms with Gasteiger partial charge in [0, 0.05) is 34.1 Å². The van der Waals surface area contributed by atoms with Crippen LogP contribution in [0.25, 0.3) is 10.1 Å². The predicted molar refractivity (Wildman–Crippen MR) is 79.6 cm³/mol. The van der Waals surface area contributed by atoms with E-state index in [9.17, 15) is 0 Å². The molecular weight excluding hydrogens is 264 g/mol.